The Hall–Kier alpha value is -2.61. The number of rotatable bonds is 3. The lowest BCUT2D eigenvalue weighted by Gasteiger charge is -2.18. The SMILES string of the molecule is CC(=O)Cc1ccc2[nH]c(C(=O)OC(C)(C)C)c(C#N)c2c1. The number of nitrogens with one attached hydrogen (secondary N) is 1. The summed E-state index contributed by atoms with van der Waals surface area (Å²) in [4.78, 5) is 26.4. The third-order valence-corrected chi connectivity index (χ3v) is 3.03. The molecule has 0 amide bonds. The third kappa shape index (κ3) is 3.34. The van der Waals surface area contributed by atoms with Gasteiger partial charge in [-0.3, -0.25) is 4.79 Å². The van der Waals surface area contributed by atoms with E-state index in [0.29, 0.717) is 17.3 Å². The van der Waals surface area contributed by atoms with Crippen molar-refractivity contribution >= 4 is 22.7 Å². The van der Waals surface area contributed by atoms with Crippen LogP contribution in [-0.4, -0.2) is 22.3 Å². The van der Waals surface area contributed by atoms with Crippen molar-refractivity contribution in [3.05, 3.63) is 35.0 Å². The van der Waals surface area contributed by atoms with E-state index < -0.39 is 11.6 Å². The average molecular weight is 298 g/mol. The molecule has 2 rings (SSSR count). The molecule has 1 aromatic heterocycles. The molecule has 0 bridgehead atoms. The fraction of sp³-hybridized carbons (Fsp3) is 0.353. The summed E-state index contributed by atoms with van der Waals surface area (Å²) in [5.74, 6) is -0.519. The van der Waals surface area contributed by atoms with Crippen LogP contribution in [0.15, 0.2) is 18.2 Å². The molecule has 0 spiro atoms. The maximum absolute atomic E-state index is 12.2. The molecular weight excluding hydrogens is 280 g/mol. The highest BCUT2D eigenvalue weighted by Gasteiger charge is 2.24. The minimum absolute atomic E-state index is 0.0424. The molecule has 0 aliphatic heterocycles. The summed E-state index contributed by atoms with van der Waals surface area (Å²) in [7, 11) is 0. The zero-order valence-corrected chi connectivity index (χ0v) is 13.1. The number of fused-ring (bicyclic) bond motifs is 1. The fourth-order valence-electron chi connectivity index (χ4n) is 2.23. The molecular formula is C17H18N2O3. The van der Waals surface area contributed by atoms with E-state index in [1.165, 1.54) is 6.92 Å². The Kier molecular flexibility index (Phi) is 4.05. The van der Waals surface area contributed by atoms with Crippen LogP contribution in [-0.2, 0) is 16.0 Å². The Balaban J connectivity index is 2.51. The maximum Gasteiger partial charge on any atom is 0.356 e. The molecule has 2 aromatic rings. The van der Waals surface area contributed by atoms with Crippen molar-refractivity contribution in [1.29, 1.82) is 5.26 Å². The van der Waals surface area contributed by atoms with Gasteiger partial charge in [0.25, 0.3) is 0 Å². The number of aromatic amines is 1. The number of nitrogens with zero attached hydrogens (tertiary/aromatic N) is 1. The number of ether oxygens (including phenoxy) is 1. The van der Waals surface area contributed by atoms with Gasteiger partial charge < -0.3 is 9.72 Å². The monoisotopic (exact) mass is 298 g/mol. The predicted octanol–water partition coefficient (Wildman–Crippen LogP) is 3.13. The zero-order chi connectivity index (χ0) is 16.5. The van der Waals surface area contributed by atoms with E-state index in [0.717, 1.165) is 5.56 Å². The van der Waals surface area contributed by atoms with Crippen LogP contribution in [0.25, 0.3) is 10.9 Å². The van der Waals surface area contributed by atoms with Gasteiger partial charge in [-0.15, -0.1) is 0 Å². The fourth-order valence-corrected chi connectivity index (χ4v) is 2.23. The van der Waals surface area contributed by atoms with Crippen LogP contribution >= 0.6 is 0 Å². The van der Waals surface area contributed by atoms with Crippen LogP contribution in [0, 0.1) is 11.3 Å². The molecule has 0 aliphatic carbocycles. The summed E-state index contributed by atoms with van der Waals surface area (Å²) in [6, 6.07) is 7.38. The largest absolute Gasteiger partial charge is 0.455 e. The number of esters is 1. The minimum Gasteiger partial charge on any atom is -0.455 e. The van der Waals surface area contributed by atoms with Crippen molar-refractivity contribution in [3.8, 4) is 6.07 Å². The van der Waals surface area contributed by atoms with Gasteiger partial charge in [0, 0.05) is 17.3 Å². The normalized spacial score (nSPS) is 11.2. The van der Waals surface area contributed by atoms with E-state index >= 15 is 0 Å². The molecule has 0 saturated carbocycles. The van der Waals surface area contributed by atoms with Crippen LogP contribution in [0.5, 0.6) is 0 Å². The molecule has 5 heteroatoms. The lowest BCUT2D eigenvalue weighted by molar-refractivity contribution is -0.116. The van der Waals surface area contributed by atoms with E-state index in [4.69, 9.17) is 4.74 Å². The number of hydrogen-bond donors (Lipinski definition) is 1. The molecule has 1 aromatic carbocycles. The first-order chi connectivity index (χ1) is 10.2. The van der Waals surface area contributed by atoms with E-state index in [1.54, 1.807) is 39.0 Å². The molecule has 0 saturated heterocycles. The van der Waals surface area contributed by atoms with Crippen LogP contribution in [0.4, 0.5) is 0 Å². The Bertz CT molecular complexity index is 789. The molecule has 22 heavy (non-hydrogen) atoms. The molecule has 5 nitrogen and oxygen atoms in total. The first-order valence-corrected chi connectivity index (χ1v) is 6.99. The van der Waals surface area contributed by atoms with Crippen molar-refractivity contribution in [2.75, 3.05) is 0 Å². The topological polar surface area (TPSA) is 82.9 Å². The predicted molar refractivity (Wildman–Crippen MR) is 82.6 cm³/mol. The highest BCUT2D eigenvalue weighted by molar-refractivity contribution is 6.00. The van der Waals surface area contributed by atoms with E-state index in [1.807, 2.05) is 6.07 Å². The number of carbonyl (C=O) groups excluding carboxylic acids is 2. The second-order valence-electron chi connectivity index (χ2n) is 6.25. The van der Waals surface area contributed by atoms with E-state index in [-0.39, 0.29) is 17.0 Å². The number of benzene rings is 1. The van der Waals surface area contributed by atoms with Gasteiger partial charge in [-0.05, 0) is 45.4 Å². The Morgan fingerprint density at radius 3 is 2.55 bits per heavy atom. The zero-order valence-electron chi connectivity index (χ0n) is 13.1. The summed E-state index contributed by atoms with van der Waals surface area (Å²) >= 11 is 0. The maximum atomic E-state index is 12.2. The smallest absolute Gasteiger partial charge is 0.356 e. The van der Waals surface area contributed by atoms with Crippen molar-refractivity contribution in [3.63, 3.8) is 0 Å². The van der Waals surface area contributed by atoms with Crippen molar-refractivity contribution < 1.29 is 14.3 Å². The number of H-pyrrole nitrogens is 1. The van der Waals surface area contributed by atoms with Crippen molar-refractivity contribution in [2.45, 2.75) is 39.7 Å². The molecule has 1 heterocycles. The van der Waals surface area contributed by atoms with Gasteiger partial charge >= 0.3 is 5.97 Å². The van der Waals surface area contributed by atoms with E-state index in [2.05, 4.69) is 4.98 Å². The van der Waals surface area contributed by atoms with Crippen LogP contribution in [0.1, 0.15) is 49.3 Å². The van der Waals surface area contributed by atoms with Gasteiger partial charge in [-0.25, -0.2) is 4.79 Å². The molecule has 0 radical (unpaired) electrons. The van der Waals surface area contributed by atoms with Crippen molar-refractivity contribution in [1.82, 2.24) is 4.98 Å². The molecule has 0 fully saturated rings. The molecule has 1 N–H and O–H groups in total. The molecule has 114 valence electrons. The second-order valence-corrected chi connectivity index (χ2v) is 6.25. The lowest BCUT2D eigenvalue weighted by Crippen LogP contribution is -2.24. The first-order valence-electron chi connectivity index (χ1n) is 6.99. The molecule has 0 aliphatic rings. The van der Waals surface area contributed by atoms with Gasteiger partial charge in [0.1, 0.15) is 23.1 Å². The molecule has 0 unspecified atom stereocenters. The number of hydrogen-bond acceptors (Lipinski definition) is 4. The number of nitriles is 1. The van der Waals surface area contributed by atoms with Crippen LogP contribution in [0.3, 0.4) is 0 Å². The Morgan fingerprint density at radius 1 is 1.32 bits per heavy atom. The van der Waals surface area contributed by atoms with Crippen LogP contribution < -0.4 is 0 Å². The minimum atomic E-state index is -0.638. The lowest BCUT2D eigenvalue weighted by atomic mass is 10.0. The highest BCUT2D eigenvalue weighted by atomic mass is 16.6. The number of ketones is 1. The first kappa shape index (κ1) is 15.8. The van der Waals surface area contributed by atoms with E-state index in [9.17, 15) is 14.9 Å². The van der Waals surface area contributed by atoms with Gasteiger partial charge in [0.05, 0.1) is 5.56 Å². The number of aromatic nitrogens is 1. The summed E-state index contributed by atoms with van der Waals surface area (Å²) in [6.07, 6.45) is 0.299. The summed E-state index contributed by atoms with van der Waals surface area (Å²) in [5, 5.41) is 10.0. The van der Waals surface area contributed by atoms with Gasteiger partial charge in [0.15, 0.2) is 0 Å². The number of Topliss-reactive ketones (excluding diaryl/α,β-unsaturated/α-hetero) is 1. The third-order valence-electron chi connectivity index (χ3n) is 3.03. The standard InChI is InChI=1S/C17H18N2O3/c1-10(20)7-11-5-6-14-12(8-11)13(9-18)15(19-14)16(21)22-17(2,3)4/h5-6,8,19H,7H2,1-4H3. The Labute approximate surface area is 128 Å². The summed E-state index contributed by atoms with van der Waals surface area (Å²) in [6.45, 7) is 6.82. The van der Waals surface area contributed by atoms with Crippen molar-refractivity contribution in [2.24, 2.45) is 0 Å². The average Bonchev–Trinajstić information content (AvgIpc) is 2.73. The van der Waals surface area contributed by atoms with Gasteiger partial charge in [0.2, 0.25) is 0 Å². The summed E-state index contributed by atoms with van der Waals surface area (Å²) < 4.78 is 5.32. The quantitative estimate of drug-likeness (QED) is 0.882. The molecule has 0 atom stereocenters. The second kappa shape index (κ2) is 5.64. The number of carbonyl (C=O) groups is 2. The Morgan fingerprint density at radius 2 is 2.00 bits per heavy atom. The van der Waals surface area contributed by atoms with Crippen LogP contribution in [0.2, 0.25) is 0 Å². The van der Waals surface area contributed by atoms with Gasteiger partial charge in [-0.1, -0.05) is 6.07 Å². The highest BCUT2D eigenvalue weighted by Crippen LogP contribution is 2.25. The summed E-state index contributed by atoms with van der Waals surface area (Å²) in [5.41, 5.74) is 1.24. The van der Waals surface area contributed by atoms with Gasteiger partial charge in [-0.2, -0.15) is 5.26 Å².